The first-order chi connectivity index (χ1) is 12.5. The fourth-order valence-corrected chi connectivity index (χ4v) is 2.78. The van der Waals surface area contributed by atoms with E-state index in [-0.39, 0.29) is 17.2 Å². The third-order valence-corrected chi connectivity index (χ3v) is 4.23. The minimum atomic E-state index is -0.272. The Morgan fingerprint density at radius 3 is 2.65 bits per heavy atom. The van der Waals surface area contributed by atoms with E-state index in [2.05, 4.69) is 5.10 Å². The van der Waals surface area contributed by atoms with Crippen LogP contribution in [0.5, 0.6) is 5.75 Å². The molecule has 0 spiro atoms. The molecule has 134 valence electrons. The second-order valence-electron chi connectivity index (χ2n) is 5.86. The summed E-state index contributed by atoms with van der Waals surface area (Å²) in [4.78, 5) is 26.5. The summed E-state index contributed by atoms with van der Waals surface area (Å²) in [5, 5.41) is 5.76. The summed E-state index contributed by atoms with van der Waals surface area (Å²) in [6.45, 7) is 0.677. The molecule has 0 aliphatic rings. The molecule has 6 nitrogen and oxygen atoms in total. The summed E-state index contributed by atoms with van der Waals surface area (Å²) < 4.78 is 6.81. The van der Waals surface area contributed by atoms with Crippen molar-refractivity contribution in [2.24, 2.45) is 7.05 Å². The molecule has 0 fully saturated rings. The van der Waals surface area contributed by atoms with Gasteiger partial charge in [-0.15, -0.1) is 0 Å². The first-order valence-corrected chi connectivity index (χ1v) is 8.45. The zero-order valence-corrected chi connectivity index (χ0v) is 15.2. The van der Waals surface area contributed by atoms with Gasteiger partial charge < -0.3 is 9.64 Å². The van der Waals surface area contributed by atoms with E-state index in [1.165, 1.54) is 16.6 Å². The van der Waals surface area contributed by atoms with Gasteiger partial charge in [0.2, 0.25) is 0 Å². The number of hydrogen-bond acceptors (Lipinski definition) is 4. The van der Waals surface area contributed by atoms with Crippen molar-refractivity contribution in [2.45, 2.75) is 0 Å². The normalized spacial score (nSPS) is 10.7. The topological polar surface area (TPSA) is 64.4 Å². The number of halogens is 1. The molecule has 0 N–H and O–H groups in total. The minimum Gasteiger partial charge on any atom is -0.492 e. The fraction of sp³-hybridized carbons (Fsp3) is 0.211. The van der Waals surface area contributed by atoms with E-state index in [1.54, 1.807) is 55.6 Å². The Morgan fingerprint density at radius 1 is 1.19 bits per heavy atom. The molecule has 1 aromatic heterocycles. The van der Waals surface area contributed by atoms with Crippen molar-refractivity contribution in [3.05, 3.63) is 69.6 Å². The van der Waals surface area contributed by atoms with Crippen LogP contribution in [0.15, 0.2) is 53.3 Å². The predicted octanol–water partition coefficient (Wildman–Crippen LogP) is 2.74. The second kappa shape index (κ2) is 7.58. The van der Waals surface area contributed by atoms with E-state index in [0.717, 1.165) is 0 Å². The van der Waals surface area contributed by atoms with E-state index < -0.39 is 0 Å². The molecule has 26 heavy (non-hydrogen) atoms. The van der Waals surface area contributed by atoms with Crippen LogP contribution in [0.4, 0.5) is 0 Å². The summed E-state index contributed by atoms with van der Waals surface area (Å²) in [6, 6.07) is 14.0. The summed E-state index contributed by atoms with van der Waals surface area (Å²) in [6.07, 6.45) is 0. The SMILES string of the molecule is CN(CCOc1cccc(Cl)c1)C(=O)c1nn(C)c(=O)c2ccccc12. The Labute approximate surface area is 155 Å². The number of benzene rings is 2. The number of amides is 1. The lowest BCUT2D eigenvalue weighted by atomic mass is 10.1. The zero-order valence-electron chi connectivity index (χ0n) is 14.5. The number of carbonyl (C=O) groups excluding carboxylic acids is 1. The molecule has 0 unspecified atom stereocenters. The largest absolute Gasteiger partial charge is 0.492 e. The molecule has 0 saturated heterocycles. The predicted molar refractivity (Wildman–Crippen MR) is 101 cm³/mol. The van der Waals surface area contributed by atoms with Crippen molar-refractivity contribution in [1.29, 1.82) is 0 Å². The summed E-state index contributed by atoms with van der Waals surface area (Å²) in [5.74, 6) is 0.371. The van der Waals surface area contributed by atoms with Gasteiger partial charge in [0.25, 0.3) is 11.5 Å². The fourth-order valence-electron chi connectivity index (χ4n) is 2.60. The Morgan fingerprint density at radius 2 is 1.92 bits per heavy atom. The molecule has 0 saturated carbocycles. The average Bonchev–Trinajstić information content (AvgIpc) is 2.64. The Bertz CT molecular complexity index is 1020. The molecule has 1 heterocycles. The van der Waals surface area contributed by atoms with E-state index in [1.807, 2.05) is 0 Å². The van der Waals surface area contributed by atoms with E-state index in [4.69, 9.17) is 16.3 Å². The van der Waals surface area contributed by atoms with E-state index in [9.17, 15) is 9.59 Å². The number of ether oxygens (including phenoxy) is 1. The molecule has 3 rings (SSSR count). The standard InChI is InChI=1S/C19H18ClN3O3/c1-22(10-11-26-14-7-5-6-13(20)12-14)19(25)17-15-8-3-4-9-16(15)18(24)23(2)21-17/h3-9,12H,10-11H2,1-2H3. The number of nitrogens with zero attached hydrogens (tertiary/aromatic N) is 3. The quantitative estimate of drug-likeness (QED) is 0.691. The van der Waals surface area contributed by atoms with Crippen molar-refractivity contribution < 1.29 is 9.53 Å². The van der Waals surface area contributed by atoms with Gasteiger partial charge in [-0.2, -0.15) is 5.10 Å². The van der Waals surface area contributed by atoms with Crippen molar-refractivity contribution in [1.82, 2.24) is 14.7 Å². The molecule has 2 aromatic carbocycles. The van der Waals surface area contributed by atoms with Crippen LogP contribution < -0.4 is 10.3 Å². The van der Waals surface area contributed by atoms with Gasteiger partial charge in [0.1, 0.15) is 12.4 Å². The average molecular weight is 372 g/mol. The number of aromatic nitrogens is 2. The third kappa shape index (κ3) is 3.70. The van der Waals surface area contributed by atoms with Gasteiger partial charge in [-0.1, -0.05) is 35.9 Å². The smallest absolute Gasteiger partial charge is 0.274 e. The van der Waals surface area contributed by atoms with Crippen LogP contribution in [0.25, 0.3) is 10.8 Å². The molecule has 7 heteroatoms. The molecule has 0 aliphatic heterocycles. The maximum atomic E-state index is 12.8. The van der Waals surface area contributed by atoms with Crippen molar-refractivity contribution >= 4 is 28.3 Å². The van der Waals surface area contributed by atoms with Crippen LogP contribution in [-0.2, 0) is 7.05 Å². The maximum absolute atomic E-state index is 12.8. The number of likely N-dealkylation sites (N-methyl/N-ethyl adjacent to an activating group) is 1. The summed E-state index contributed by atoms with van der Waals surface area (Å²) in [5.41, 5.74) is 0.0112. The highest BCUT2D eigenvalue weighted by atomic mass is 35.5. The van der Waals surface area contributed by atoms with Crippen LogP contribution >= 0.6 is 11.6 Å². The zero-order chi connectivity index (χ0) is 18.7. The van der Waals surface area contributed by atoms with Crippen molar-refractivity contribution in [3.63, 3.8) is 0 Å². The number of hydrogen-bond donors (Lipinski definition) is 0. The molecular weight excluding hydrogens is 354 g/mol. The first kappa shape index (κ1) is 17.9. The molecule has 0 radical (unpaired) electrons. The lowest BCUT2D eigenvalue weighted by Crippen LogP contribution is -2.33. The summed E-state index contributed by atoms with van der Waals surface area (Å²) >= 11 is 5.92. The molecular formula is C19H18ClN3O3. The highest BCUT2D eigenvalue weighted by molar-refractivity contribution is 6.30. The molecule has 0 bridgehead atoms. The third-order valence-electron chi connectivity index (χ3n) is 4.00. The van der Waals surface area contributed by atoms with Crippen LogP contribution in [0.3, 0.4) is 0 Å². The molecule has 3 aromatic rings. The molecule has 1 amide bonds. The van der Waals surface area contributed by atoms with Gasteiger partial charge in [0, 0.05) is 24.5 Å². The van der Waals surface area contributed by atoms with Crippen LogP contribution in [-0.4, -0.2) is 40.8 Å². The van der Waals surface area contributed by atoms with Gasteiger partial charge in [0.05, 0.1) is 11.9 Å². The van der Waals surface area contributed by atoms with Gasteiger partial charge in [-0.3, -0.25) is 9.59 Å². The van der Waals surface area contributed by atoms with Gasteiger partial charge in [0.15, 0.2) is 5.69 Å². The van der Waals surface area contributed by atoms with E-state index >= 15 is 0 Å². The maximum Gasteiger partial charge on any atom is 0.274 e. The first-order valence-electron chi connectivity index (χ1n) is 8.07. The lowest BCUT2D eigenvalue weighted by molar-refractivity contribution is 0.0767. The number of fused-ring (bicyclic) bond motifs is 1. The van der Waals surface area contributed by atoms with E-state index in [0.29, 0.717) is 34.7 Å². The minimum absolute atomic E-state index is 0.232. The van der Waals surface area contributed by atoms with Crippen molar-refractivity contribution in [2.75, 3.05) is 20.2 Å². The van der Waals surface area contributed by atoms with Gasteiger partial charge in [-0.05, 0) is 24.3 Å². The second-order valence-corrected chi connectivity index (χ2v) is 6.29. The number of rotatable bonds is 5. The summed E-state index contributed by atoms with van der Waals surface area (Å²) in [7, 11) is 3.21. The highest BCUT2D eigenvalue weighted by Gasteiger charge is 2.19. The van der Waals surface area contributed by atoms with Crippen LogP contribution in [0.1, 0.15) is 10.5 Å². The number of carbonyl (C=O) groups is 1. The monoisotopic (exact) mass is 371 g/mol. The Kier molecular flexibility index (Phi) is 5.23. The lowest BCUT2D eigenvalue weighted by Gasteiger charge is -2.18. The highest BCUT2D eigenvalue weighted by Crippen LogP contribution is 2.17. The Hall–Kier alpha value is -2.86. The van der Waals surface area contributed by atoms with Gasteiger partial charge in [-0.25, -0.2) is 4.68 Å². The molecule has 0 atom stereocenters. The molecule has 0 aliphatic carbocycles. The number of aryl methyl sites for hydroxylation is 1. The van der Waals surface area contributed by atoms with Crippen LogP contribution in [0, 0.1) is 0 Å². The Balaban J connectivity index is 1.76. The van der Waals surface area contributed by atoms with Crippen LogP contribution in [0.2, 0.25) is 5.02 Å². The van der Waals surface area contributed by atoms with Gasteiger partial charge >= 0.3 is 0 Å². The van der Waals surface area contributed by atoms with Crippen molar-refractivity contribution in [3.8, 4) is 5.75 Å².